The third kappa shape index (κ3) is 2.85. The maximum Gasteiger partial charge on any atom is 0.194 e. The quantitative estimate of drug-likeness (QED) is 0.807. The van der Waals surface area contributed by atoms with Crippen molar-refractivity contribution < 1.29 is 14.3 Å². The van der Waals surface area contributed by atoms with Gasteiger partial charge in [-0.3, -0.25) is 4.79 Å². The number of benzene rings is 1. The number of methoxy groups -OCH3 is 2. The van der Waals surface area contributed by atoms with E-state index < -0.39 is 0 Å². The Kier molecular flexibility index (Phi) is 4.42. The molecule has 0 N–H and O–H groups in total. The fraction of sp³-hybridized carbons (Fsp3) is 0.421. The molecule has 4 heteroatoms. The van der Waals surface area contributed by atoms with Crippen LogP contribution in [0.1, 0.15) is 46.6 Å². The first-order valence-electron chi connectivity index (χ1n) is 8.11. The van der Waals surface area contributed by atoms with Gasteiger partial charge in [-0.25, -0.2) is 0 Å². The summed E-state index contributed by atoms with van der Waals surface area (Å²) in [6.45, 7) is 3.10. The van der Waals surface area contributed by atoms with Gasteiger partial charge in [0.05, 0.1) is 14.2 Å². The zero-order chi connectivity index (χ0) is 16.4. The van der Waals surface area contributed by atoms with Crippen LogP contribution < -0.4 is 9.47 Å². The zero-order valence-corrected chi connectivity index (χ0v) is 14.0. The molecule has 0 unspecified atom stereocenters. The van der Waals surface area contributed by atoms with Crippen molar-refractivity contribution in [1.29, 1.82) is 0 Å². The smallest absolute Gasteiger partial charge is 0.194 e. The number of rotatable bonds is 4. The molecule has 0 fully saturated rings. The standard InChI is InChI=1S/C19H23NO3/c1-13-11-15(16-7-5-4-6-10-20(13)16)19(21)14-8-9-17(22-2)18(12-14)23-3/h8-9,11-12H,4-7,10H2,1-3H3. The average Bonchev–Trinajstić information content (AvgIpc) is 2.76. The van der Waals surface area contributed by atoms with Crippen LogP contribution in [-0.2, 0) is 13.0 Å². The highest BCUT2D eigenvalue weighted by atomic mass is 16.5. The Bertz CT molecular complexity index is 730. The van der Waals surface area contributed by atoms with Gasteiger partial charge in [0.1, 0.15) is 0 Å². The second kappa shape index (κ2) is 6.49. The predicted octanol–water partition coefficient (Wildman–Crippen LogP) is 3.77. The number of hydrogen-bond acceptors (Lipinski definition) is 3. The fourth-order valence-electron chi connectivity index (χ4n) is 3.38. The van der Waals surface area contributed by atoms with Crippen LogP contribution >= 0.6 is 0 Å². The summed E-state index contributed by atoms with van der Waals surface area (Å²) in [5.41, 5.74) is 3.82. The summed E-state index contributed by atoms with van der Waals surface area (Å²) < 4.78 is 12.9. The maximum atomic E-state index is 13.0. The van der Waals surface area contributed by atoms with Crippen molar-refractivity contribution in [2.45, 2.75) is 39.2 Å². The van der Waals surface area contributed by atoms with E-state index in [1.54, 1.807) is 32.4 Å². The maximum absolute atomic E-state index is 13.0. The number of hydrogen-bond donors (Lipinski definition) is 0. The monoisotopic (exact) mass is 313 g/mol. The molecule has 1 aliphatic heterocycles. The minimum absolute atomic E-state index is 0.0599. The fourth-order valence-corrected chi connectivity index (χ4v) is 3.38. The Morgan fingerprint density at radius 1 is 1.04 bits per heavy atom. The highest BCUT2D eigenvalue weighted by Gasteiger charge is 2.22. The average molecular weight is 313 g/mol. The Balaban J connectivity index is 2.01. The van der Waals surface area contributed by atoms with E-state index in [1.807, 2.05) is 6.07 Å². The number of aromatic nitrogens is 1. The van der Waals surface area contributed by atoms with Gasteiger partial charge in [0.25, 0.3) is 0 Å². The van der Waals surface area contributed by atoms with E-state index in [4.69, 9.17) is 9.47 Å². The summed E-state index contributed by atoms with van der Waals surface area (Å²) in [7, 11) is 3.18. The second-order valence-corrected chi connectivity index (χ2v) is 6.01. The Labute approximate surface area is 137 Å². The summed E-state index contributed by atoms with van der Waals surface area (Å²) in [6, 6.07) is 7.38. The van der Waals surface area contributed by atoms with E-state index in [1.165, 1.54) is 24.2 Å². The van der Waals surface area contributed by atoms with E-state index in [0.29, 0.717) is 17.1 Å². The van der Waals surface area contributed by atoms with Crippen LogP contribution in [0.3, 0.4) is 0 Å². The summed E-state index contributed by atoms with van der Waals surface area (Å²) >= 11 is 0. The summed E-state index contributed by atoms with van der Waals surface area (Å²) in [5, 5.41) is 0. The number of fused-ring (bicyclic) bond motifs is 1. The molecule has 23 heavy (non-hydrogen) atoms. The predicted molar refractivity (Wildman–Crippen MR) is 89.7 cm³/mol. The first-order valence-corrected chi connectivity index (χ1v) is 8.11. The molecule has 1 aliphatic rings. The van der Waals surface area contributed by atoms with Gasteiger partial charge in [0.15, 0.2) is 17.3 Å². The molecule has 122 valence electrons. The molecule has 4 nitrogen and oxygen atoms in total. The van der Waals surface area contributed by atoms with Crippen molar-refractivity contribution in [3.63, 3.8) is 0 Å². The van der Waals surface area contributed by atoms with Crippen LogP contribution in [0.5, 0.6) is 11.5 Å². The molecule has 0 bridgehead atoms. The van der Waals surface area contributed by atoms with Gasteiger partial charge in [-0.2, -0.15) is 0 Å². The number of carbonyl (C=O) groups excluding carboxylic acids is 1. The highest BCUT2D eigenvalue weighted by molar-refractivity contribution is 6.10. The molecular weight excluding hydrogens is 290 g/mol. The van der Waals surface area contributed by atoms with Gasteiger partial charge < -0.3 is 14.0 Å². The zero-order valence-electron chi connectivity index (χ0n) is 14.0. The van der Waals surface area contributed by atoms with Gasteiger partial charge in [-0.05, 0) is 50.5 Å². The number of aryl methyl sites for hydroxylation is 1. The minimum Gasteiger partial charge on any atom is -0.493 e. The number of nitrogens with zero attached hydrogens (tertiary/aromatic N) is 1. The summed E-state index contributed by atoms with van der Waals surface area (Å²) in [6.07, 6.45) is 4.54. The molecule has 0 spiro atoms. The molecule has 1 aromatic carbocycles. The van der Waals surface area contributed by atoms with Crippen LogP contribution in [0.15, 0.2) is 24.3 Å². The lowest BCUT2D eigenvalue weighted by atomic mass is 10.0. The third-order valence-electron chi connectivity index (χ3n) is 4.60. The van der Waals surface area contributed by atoms with Gasteiger partial charge in [0, 0.05) is 29.1 Å². The molecule has 2 heterocycles. The third-order valence-corrected chi connectivity index (χ3v) is 4.60. The number of ketones is 1. The summed E-state index contributed by atoms with van der Waals surface area (Å²) in [4.78, 5) is 13.0. The lowest BCUT2D eigenvalue weighted by Crippen LogP contribution is -2.08. The molecule has 0 amide bonds. The summed E-state index contributed by atoms with van der Waals surface area (Å²) in [5.74, 6) is 1.28. The second-order valence-electron chi connectivity index (χ2n) is 6.01. The molecule has 0 saturated heterocycles. The Morgan fingerprint density at radius 2 is 1.83 bits per heavy atom. The molecule has 1 aromatic heterocycles. The number of carbonyl (C=O) groups is 1. The normalized spacial score (nSPS) is 14.0. The van der Waals surface area contributed by atoms with E-state index in [0.717, 1.165) is 24.9 Å². The van der Waals surface area contributed by atoms with E-state index in [-0.39, 0.29) is 5.78 Å². The Hall–Kier alpha value is -2.23. The van der Waals surface area contributed by atoms with Gasteiger partial charge >= 0.3 is 0 Å². The first kappa shape index (κ1) is 15.7. The van der Waals surface area contributed by atoms with Crippen molar-refractivity contribution in [2.75, 3.05) is 14.2 Å². The minimum atomic E-state index is 0.0599. The van der Waals surface area contributed by atoms with E-state index in [9.17, 15) is 4.79 Å². The van der Waals surface area contributed by atoms with Crippen molar-refractivity contribution in [3.05, 3.63) is 46.8 Å². The number of ether oxygens (including phenoxy) is 2. The van der Waals surface area contributed by atoms with Crippen LogP contribution in [0.25, 0.3) is 0 Å². The topological polar surface area (TPSA) is 40.5 Å². The van der Waals surface area contributed by atoms with Crippen molar-refractivity contribution in [3.8, 4) is 11.5 Å². The highest BCUT2D eigenvalue weighted by Crippen LogP contribution is 2.30. The van der Waals surface area contributed by atoms with Gasteiger partial charge in [-0.1, -0.05) is 6.42 Å². The molecule has 0 aliphatic carbocycles. The lowest BCUT2D eigenvalue weighted by Gasteiger charge is -2.10. The van der Waals surface area contributed by atoms with Crippen LogP contribution in [0.2, 0.25) is 0 Å². The lowest BCUT2D eigenvalue weighted by molar-refractivity contribution is 0.103. The van der Waals surface area contributed by atoms with Crippen LogP contribution in [0.4, 0.5) is 0 Å². The van der Waals surface area contributed by atoms with E-state index >= 15 is 0 Å². The molecular formula is C19H23NO3. The molecule has 0 saturated carbocycles. The molecule has 0 radical (unpaired) electrons. The van der Waals surface area contributed by atoms with E-state index in [2.05, 4.69) is 11.5 Å². The van der Waals surface area contributed by atoms with Crippen molar-refractivity contribution in [2.24, 2.45) is 0 Å². The van der Waals surface area contributed by atoms with Gasteiger partial charge in [-0.15, -0.1) is 0 Å². The first-order chi connectivity index (χ1) is 11.2. The van der Waals surface area contributed by atoms with Crippen molar-refractivity contribution in [1.82, 2.24) is 4.57 Å². The molecule has 2 aromatic rings. The van der Waals surface area contributed by atoms with Gasteiger partial charge in [0.2, 0.25) is 0 Å². The largest absolute Gasteiger partial charge is 0.493 e. The Morgan fingerprint density at radius 3 is 2.57 bits per heavy atom. The van der Waals surface area contributed by atoms with Crippen molar-refractivity contribution >= 4 is 5.78 Å². The van der Waals surface area contributed by atoms with Crippen LogP contribution in [0, 0.1) is 6.92 Å². The molecule has 0 atom stereocenters. The van der Waals surface area contributed by atoms with Crippen LogP contribution in [-0.4, -0.2) is 24.6 Å². The SMILES string of the molecule is COc1ccc(C(=O)c2cc(C)n3c2CCCCC3)cc1OC. The molecule has 3 rings (SSSR count).